The maximum Gasteiger partial charge on any atom is 0.267 e. The molecule has 0 bridgehead atoms. The number of aliphatic hydroxyl groups is 1. The summed E-state index contributed by atoms with van der Waals surface area (Å²) in [6, 6.07) is 3.46. The molecule has 0 aliphatic rings. The van der Waals surface area contributed by atoms with Crippen molar-refractivity contribution < 1.29 is 9.90 Å². The van der Waals surface area contributed by atoms with Gasteiger partial charge in [0.25, 0.3) is 5.91 Å². The fourth-order valence-corrected chi connectivity index (χ4v) is 1.56. The van der Waals surface area contributed by atoms with Gasteiger partial charge >= 0.3 is 0 Å². The number of nitrogens with one attached hydrogen (secondary N) is 2. The molecule has 0 aliphatic carbocycles. The van der Waals surface area contributed by atoms with Crippen molar-refractivity contribution in [3.8, 4) is 0 Å². The number of H-pyrrole nitrogens is 1. The molecule has 16 heavy (non-hydrogen) atoms. The van der Waals surface area contributed by atoms with E-state index in [4.69, 9.17) is 0 Å². The van der Waals surface area contributed by atoms with Crippen molar-refractivity contribution in [3.63, 3.8) is 0 Å². The van der Waals surface area contributed by atoms with Crippen LogP contribution in [0.5, 0.6) is 0 Å². The fourth-order valence-electron chi connectivity index (χ4n) is 1.56. The Morgan fingerprint density at radius 3 is 2.75 bits per heavy atom. The van der Waals surface area contributed by atoms with Gasteiger partial charge in [0.15, 0.2) is 0 Å². The molecular weight excluding hydrogens is 204 g/mol. The minimum Gasteiger partial charge on any atom is -0.391 e. The van der Waals surface area contributed by atoms with Gasteiger partial charge in [-0.2, -0.15) is 0 Å². The van der Waals surface area contributed by atoms with Crippen molar-refractivity contribution in [2.45, 2.75) is 33.3 Å². The van der Waals surface area contributed by atoms with E-state index in [0.29, 0.717) is 12.1 Å². The lowest BCUT2D eigenvalue weighted by molar-refractivity contribution is 0.0865. The average Bonchev–Trinajstić information content (AvgIpc) is 2.64. The molecule has 0 saturated carbocycles. The number of hydrogen-bond donors (Lipinski definition) is 3. The predicted molar refractivity (Wildman–Crippen MR) is 63.2 cm³/mol. The van der Waals surface area contributed by atoms with Crippen LogP contribution in [0.1, 0.15) is 37.7 Å². The van der Waals surface area contributed by atoms with Crippen molar-refractivity contribution in [1.29, 1.82) is 0 Å². The highest BCUT2D eigenvalue weighted by Gasteiger charge is 2.17. The average molecular weight is 224 g/mol. The number of aliphatic hydroxyl groups excluding tert-OH is 1. The largest absolute Gasteiger partial charge is 0.391 e. The van der Waals surface area contributed by atoms with Crippen molar-refractivity contribution in [2.24, 2.45) is 5.41 Å². The van der Waals surface area contributed by atoms with Gasteiger partial charge in [-0.1, -0.05) is 20.8 Å². The Kier molecular flexibility index (Phi) is 4.12. The molecule has 0 aromatic carbocycles. The van der Waals surface area contributed by atoms with Crippen LogP contribution in [0.4, 0.5) is 0 Å². The van der Waals surface area contributed by atoms with Crippen molar-refractivity contribution >= 4 is 5.91 Å². The van der Waals surface area contributed by atoms with Crippen LogP contribution in [0.3, 0.4) is 0 Å². The van der Waals surface area contributed by atoms with Gasteiger partial charge in [-0.3, -0.25) is 4.79 Å². The zero-order chi connectivity index (χ0) is 12.2. The lowest BCUT2D eigenvalue weighted by atomic mass is 9.89. The fraction of sp³-hybridized carbons (Fsp3) is 0.583. The van der Waals surface area contributed by atoms with Crippen LogP contribution in [-0.2, 0) is 0 Å². The zero-order valence-electron chi connectivity index (χ0n) is 10.1. The maximum atomic E-state index is 11.5. The van der Waals surface area contributed by atoms with Gasteiger partial charge in [-0.05, 0) is 24.0 Å². The predicted octanol–water partition coefficient (Wildman–Crippen LogP) is 1.54. The summed E-state index contributed by atoms with van der Waals surface area (Å²) in [6.45, 7) is 6.46. The summed E-state index contributed by atoms with van der Waals surface area (Å²) in [7, 11) is 0. The third-order valence-electron chi connectivity index (χ3n) is 2.19. The topological polar surface area (TPSA) is 65.1 Å². The molecule has 4 heteroatoms. The molecule has 1 aromatic heterocycles. The van der Waals surface area contributed by atoms with E-state index in [1.807, 2.05) is 0 Å². The highest BCUT2D eigenvalue weighted by Crippen LogP contribution is 2.20. The molecule has 1 amide bonds. The van der Waals surface area contributed by atoms with Gasteiger partial charge < -0.3 is 15.4 Å². The molecular formula is C12H20N2O2. The first-order chi connectivity index (χ1) is 7.38. The van der Waals surface area contributed by atoms with E-state index in [2.05, 4.69) is 31.1 Å². The second-order valence-electron chi connectivity index (χ2n) is 5.21. The van der Waals surface area contributed by atoms with Crippen LogP contribution in [-0.4, -0.2) is 28.6 Å². The Balaban J connectivity index is 2.32. The minimum absolute atomic E-state index is 0.0660. The number of carbonyl (C=O) groups is 1. The first kappa shape index (κ1) is 12.8. The van der Waals surface area contributed by atoms with Gasteiger partial charge in [0.05, 0.1) is 6.10 Å². The molecule has 90 valence electrons. The molecule has 0 saturated heterocycles. The van der Waals surface area contributed by atoms with Gasteiger partial charge in [0, 0.05) is 12.7 Å². The van der Waals surface area contributed by atoms with E-state index >= 15 is 0 Å². The summed E-state index contributed by atoms with van der Waals surface area (Å²) in [4.78, 5) is 14.3. The summed E-state index contributed by atoms with van der Waals surface area (Å²) in [5, 5.41) is 12.4. The Labute approximate surface area is 96.1 Å². The molecule has 0 fully saturated rings. The Morgan fingerprint density at radius 2 is 2.25 bits per heavy atom. The Bertz CT molecular complexity index is 325. The first-order valence-electron chi connectivity index (χ1n) is 5.48. The SMILES string of the molecule is CC(C)(C)C[C@@H](O)CNC(=O)c1ccc[nH]1. The second-order valence-corrected chi connectivity index (χ2v) is 5.21. The second kappa shape index (κ2) is 5.16. The summed E-state index contributed by atoms with van der Waals surface area (Å²) in [6.07, 6.45) is 1.86. The molecule has 4 nitrogen and oxygen atoms in total. The number of carbonyl (C=O) groups excluding carboxylic acids is 1. The molecule has 0 radical (unpaired) electrons. The van der Waals surface area contributed by atoms with E-state index in [1.165, 1.54) is 0 Å². The number of rotatable bonds is 4. The third kappa shape index (κ3) is 4.49. The summed E-state index contributed by atoms with van der Waals surface area (Å²) in [5.74, 6) is -0.182. The van der Waals surface area contributed by atoms with E-state index < -0.39 is 6.10 Å². The Hall–Kier alpha value is -1.29. The molecule has 0 aliphatic heterocycles. The molecule has 1 aromatic rings. The first-order valence-corrected chi connectivity index (χ1v) is 5.48. The number of aromatic nitrogens is 1. The van der Waals surface area contributed by atoms with Crippen molar-refractivity contribution in [2.75, 3.05) is 6.54 Å². The van der Waals surface area contributed by atoms with Gasteiger partial charge in [0.2, 0.25) is 0 Å². The van der Waals surface area contributed by atoms with Crippen LogP contribution >= 0.6 is 0 Å². The van der Waals surface area contributed by atoms with Crippen molar-refractivity contribution in [3.05, 3.63) is 24.0 Å². The molecule has 1 rings (SSSR count). The lowest BCUT2D eigenvalue weighted by Crippen LogP contribution is -2.34. The lowest BCUT2D eigenvalue weighted by Gasteiger charge is -2.22. The number of aromatic amines is 1. The normalized spacial score (nSPS) is 13.5. The Morgan fingerprint density at radius 1 is 1.56 bits per heavy atom. The van der Waals surface area contributed by atoms with Crippen LogP contribution in [0.15, 0.2) is 18.3 Å². The van der Waals surface area contributed by atoms with Gasteiger partial charge in [0.1, 0.15) is 5.69 Å². The summed E-state index contributed by atoms with van der Waals surface area (Å²) in [5.41, 5.74) is 0.583. The maximum absolute atomic E-state index is 11.5. The van der Waals surface area contributed by atoms with Crippen LogP contribution < -0.4 is 5.32 Å². The van der Waals surface area contributed by atoms with E-state index in [1.54, 1.807) is 18.3 Å². The highest BCUT2D eigenvalue weighted by atomic mass is 16.3. The molecule has 3 N–H and O–H groups in total. The minimum atomic E-state index is -0.501. The third-order valence-corrected chi connectivity index (χ3v) is 2.19. The van der Waals surface area contributed by atoms with Crippen LogP contribution in [0.2, 0.25) is 0 Å². The van der Waals surface area contributed by atoms with E-state index in [9.17, 15) is 9.90 Å². The highest BCUT2D eigenvalue weighted by molar-refractivity contribution is 5.92. The number of hydrogen-bond acceptors (Lipinski definition) is 2. The quantitative estimate of drug-likeness (QED) is 0.726. The van der Waals surface area contributed by atoms with Gasteiger partial charge in [-0.25, -0.2) is 0 Å². The zero-order valence-corrected chi connectivity index (χ0v) is 10.1. The number of amides is 1. The summed E-state index contributed by atoms with van der Waals surface area (Å²) < 4.78 is 0. The van der Waals surface area contributed by atoms with E-state index in [0.717, 1.165) is 0 Å². The van der Waals surface area contributed by atoms with Crippen LogP contribution in [0.25, 0.3) is 0 Å². The smallest absolute Gasteiger partial charge is 0.267 e. The van der Waals surface area contributed by atoms with Gasteiger partial charge in [-0.15, -0.1) is 0 Å². The van der Waals surface area contributed by atoms with Crippen LogP contribution in [0, 0.1) is 5.41 Å². The van der Waals surface area contributed by atoms with E-state index in [-0.39, 0.29) is 17.9 Å². The molecule has 1 heterocycles. The van der Waals surface area contributed by atoms with Crippen molar-refractivity contribution in [1.82, 2.24) is 10.3 Å². The molecule has 0 spiro atoms. The monoisotopic (exact) mass is 224 g/mol. The molecule has 1 atom stereocenters. The summed E-state index contributed by atoms with van der Waals surface area (Å²) >= 11 is 0. The standard InChI is InChI=1S/C12H20N2O2/c1-12(2,3)7-9(15)8-14-11(16)10-5-4-6-13-10/h4-6,9,13,15H,7-8H2,1-3H3,(H,14,16)/t9-/m1/s1. The molecule has 0 unspecified atom stereocenters.